The number of hydrogen-bond acceptors (Lipinski definition) is 4. The van der Waals surface area contributed by atoms with Gasteiger partial charge in [-0.25, -0.2) is 18.2 Å². The number of hydrogen-bond donors (Lipinski definition) is 1. The SMILES string of the molecule is O=C(COc1ccc(F)cc1F)Nc1nc(-c2cccc(F)c2)cs1. The molecular weight excluding hydrogens is 353 g/mol. The molecule has 1 amide bonds. The van der Waals surface area contributed by atoms with Gasteiger partial charge in [0.1, 0.15) is 11.6 Å². The second-order valence-corrected chi connectivity index (χ2v) is 5.82. The van der Waals surface area contributed by atoms with Gasteiger partial charge in [-0.2, -0.15) is 0 Å². The second-order valence-electron chi connectivity index (χ2n) is 4.96. The van der Waals surface area contributed by atoms with E-state index in [-0.39, 0.29) is 11.6 Å². The Balaban J connectivity index is 1.60. The first-order chi connectivity index (χ1) is 12.0. The highest BCUT2D eigenvalue weighted by molar-refractivity contribution is 7.14. The molecule has 4 nitrogen and oxygen atoms in total. The van der Waals surface area contributed by atoms with Crippen LogP contribution in [0.1, 0.15) is 0 Å². The molecule has 2 aromatic carbocycles. The summed E-state index contributed by atoms with van der Waals surface area (Å²) in [6.07, 6.45) is 0. The monoisotopic (exact) mass is 364 g/mol. The van der Waals surface area contributed by atoms with Crippen LogP contribution >= 0.6 is 11.3 Å². The first-order valence-electron chi connectivity index (χ1n) is 7.10. The summed E-state index contributed by atoms with van der Waals surface area (Å²) in [7, 11) is 0. The van der Waals surface area contributed by atoms with E-state index in [2.05, 4.69) is 10.3 Å². The summed E-state index contributed by atoms with van der Waals surface area (Å²) in [6, 6.07) is 8.72. The molecule has 0 aliphatic rings. The van der Waals surface area contributed by atoms with E-state index < -0.39 is 24.1 Å². The number of rotatable bonds is 5. The normalized spacial score (nSPS) is 10.5. The van der Waals surface area contributed by atoms with Crippen molar-refractivity contribution < 1.29 is 22.7 Å². The third-order valence-corrected chi connectivity index (χ3v) is 3.88. The van der Waals surface area contributed by atoms with Crippen LogP contribution in [0.2, 0.25) is 0 Å². The number of anilines is 1. The minimum atomic E-state index is -0.893. The molecule has 0 aliphatic carbocycles. The fourth-order valence-electron chi connectivity index (χ4n) is 2.00. The van der Waals surface area contributed by atoms with E-state index in [1.54, 1.807) is 17.5 Å². The first-order valence-corrected chi connectivity index (χ1v) is 7.98. The molecule has 3 aromatic rings. The number of nitrogens with zero attached hydrogens (tertiary/aromatic N) is 1. The second kappa shape index (κ2) is 7.35. The average molecular weight is 364 g/mol. The number of amides is 1. The van der Waals surface area contributed by atoms with Crippen LogP contribution in [0.5, 0.6) is 5.75 Å². The third kappa shape index (κ3) is 4.36. The van der Waals surface area contributed by atoms with Gasteiger partial charge in [-0.05, 0) is 24.3 Å². The topological polar surface area (TPSA) is 51.2 Å². The summed E-state index contributed by atoms with van der Waals surface area (Å²) in [5.41, 5.74) is 1.10. The Kier molecular flexibility index (Phi) is 4.99. The van der Waals surface area contributed by atoms with Crippen LogP contribution < -0.4 is 10.1 Å². The van der Waals surface area contributed by atoms with Crippen molar-refractivity contribution in [2.75, 3.05) is 11.9 Å². The van der Waals surface area contributed by atoms with E-state index in [0.29, 0.717) is 22.5 Å². The lowest BCUT2D eigenvalue weighted by molar-refractivity contribution is -0.118. The van der Waals surface area contributed by atoms with Crippen LogP contribution in [0.3, 0.4) is 0 Å². The number of aromatic nitrogens is 1. The lowest BCUT2D eigenvalue weighted by Gasteiger charge is -2.06. The Bertz CT molecular complexity index is 914. The van der Waals surface area contributed by atoms with Gasteiger partial charge >= 0.3 is 0 Å². The zero-order chi connectivity index (χ0) is 17.8. The molecule has 1 aromatic heterocycles. The first kappa shape index (κ1) is 17.0. The Hall–Kier alpha value is -2.87. The lowest BCUT2D eigenvalue weighted by Crippen LogP contribution is -2.20. The number of halogens is 3. The quantitative estimate of drug-likeness (QED) is 0.737. The highest BCUT2D eigenvalue weighted by atomic mass is 32.1. The van der Waals surface area contributed by atoms with Crippen molar-refractivity contribution in [1.29, 1.82) is 0 Å². The van der Waals surface area contributed by atoms with Crippen molar-refractivity contribution in [1.82, 2.24) is 4.98 Å². The molecule has 25 heavy (non-hydrogen) atoms. The van der Waals surface area contributed by atoms with Crippen molar-refractivity contribution in [3.05, 3.63) is 65.3 Å². The smallest absolute Gasteiger partial charge is 0.264 e. The van der Waals surface area contributed by atoms with Crippen molar-refractivity contribution in [2.24, 2.45) is 0 Å². The zero-order valence-electron chi connectivity index (χ0n) is 12.6. The van der Waals surface area contributed by atoms with Gasteiger partial charge in [-0.1, -0.05) is 12.1 Å². The number of nitrogens with one attached hydrogen (secondary N) is 1. The van der Waals surface area contributed by atoms with Crippen molar-refractivity contribution in [2.45, 2.75) is 0 Å². The van der Waals surface area contributed by atoms with Gasteiger partial charge in [0.15, 0.2) is 23.3 Å². The highest BCUT2D eigenvalue weighted by Gasteiger charge is 2.11. The van der Waals surface area contributed by atoms with Crippen LogP contribution in [-0.2, 0) is 4.79 Å². The fraction of sp³-hybridized carbons (Fsp3) is 0.0588. The van der Waals surface area contributed by atoms with Gasteiger partial charge < -0.3 is 4.74 Å². The van der Waals surface area contributed by atoms with Gasteiger partial charge in [-0.15, -0.1) is 11.3 Å². The van der Waals surface area contributed by atoms with Crippen molar-refractivity contribution >= 4 is 22.4 Å². The van der Waals surface area contributed by atoms with Crippen LogP contribution in [0.4, 0.5) is 18.3 Å². The average Bonchev–Trinajstić information content (AvgIpc) is 3.02. The number of carbonyl (C=O) groups is 1. The summed E-state index contributed by atoms with van der Waals surface area (Å²) < 4.78 is 44.4. The standard InChI is InChI=1S/C17H11F3N2O2S/c18-11-3-1-2-10(6-11)14-9-25-17(21-14)22-16(23)8-24-15-5-4-12(19)7-13(15)20/h1-7,9H,8H2,(H,21,22,23). The lowest BCUT2D eigenvalue weighted by atomic mass is 10.2. The molecule has 0 atom stereocenters. The molecule has 0 spiro atoms. The molecule has 1 N–H and O–H groups in total. The molecule has 3 rings (SSSR count). The Morgan fingerprint density at radius 3 is 2.68 bits per heavy atom. The summed E-state index contributed by atoms with van der Waals surface area (Å²) in [5, 5.41) is 4.47. The number of benzene rings is 2. The molecule has 0 unspecified atom stereocenters. The zero-order valence-corrected chi connectivity index (χ0v) is 13.4. The summed E-state index contributed by atoms with van der Waals surface area (Å²) >= 11 is 1.16. The minimum absolute atomic E-state index is 0.226. The molecule has 1 heterocycles. The van der Waals surface area contributed by atoms with Gasteiger partial charge in [0.2, 0.25) is 0 Å². The Labute approximate surface area is 144 Å². The van der Waals surface area contributed by atoms with E-state index in [0.717, 1.165) is 23.5 Å². The summed E-state index contributed by atoms with van der Waals surface area (Å²) in [6.45, 7) is -0.461. The molecule has 0 fully saturated rings. The molecule has 128 valence electrons. The molecule has 0 radical (unpaired) electrons. The largest absolute Gasteiger partial charge is 0.481 e. The van der Waals surface area contributed by atoms with Gasteiger partial charge in [-0.3, -0.25) is 10.1 Å². The van der Waals surface area contributed by atoms with E-state index in [4.69, 9.17) is 4.74 Å². The molecule has 0 bridgehead atoms. The van der Waals surface area contributed by atoms with E-state index in [1.807, 2.05) is 0 Å². The number of thiazole rings is 1. The molecule has 0 aliphatic heterocycles. The van der Waals surface area contributed by atoms with E-state index >= 15 is 0 Å². The number of ether oxygens (including phenoxy) is 1. The highest BCUT2D eigenvalue weighted by Crippen LogP contribution is 2.25. The fourth-order valence-corrected chi connectivity index (χ4v) is 2.74. The van der Waals surface area contributed by atoms with Gasteiger partial charge in [0.25, 0.3) is 5.91 Å². The van der Waals surface area contributed by atoms with E-state index in [1.165, 1.54) is 12.1 Å². The molecule has 0 saturated carbocycles. The predicted octanol–water partition coefficient (Wildman–Crippen LogP) is 4.24. The Morgan fingerprint density at radius 1 is 1.12 bits per heavy atom. The van der Waals surface area contributed by atoms with Gasteiger partial charge in [0.05, 0.1) is 5.69 Å². The predicted molar refractivity (Wildman–Crippen MR) is 88.0 cm³/mol. The maximum atomic E-state index is 13.4. The van der Waals surface area contributed by atoms with Crippen molar-refractivity contribution in [3.63, 3.8) is 0 Å². The maximum Gasteiger partial charge on any atom is 0.264 e. The third-order valence-electron chi connectivity index (χ3n) is 3.12. The maximum absolute atomic E-state index is 13.4. The van der Waals surface area contributed by atoms with Crippen LogP contribution in [-0.4, -0.2) is 17.5 Å². The van der Waals surface area contributed by atoms with Crippen LogP contribution in [0, 0.1) is 17.5 Å². The molecule has 8 heteroatoms. The van der Waals surface area contributed by atoms with Crippen molar-refractivity contribution in [3.8, 4) is 17.0 Å². The van der Waals surface area contributed by atoms with E-state index in [9.17, 15) is 18.0 Å². The van der Waals surface area contributed by atoms with Gasteiger partial charge in [0, 0.05) is 17.0 Å². The number of carbonyl (C=O) groups excluding carboxylic acids is 1. The Morgan fingerprint density at radius 2 is 1.92 bits per heavy atom. The van der Waals surface area contributed by atoms with Crippen LogP contribution in [0.25, 0.3) is 11.3 Å². The molecular formula is C17H11F3N2O2S. The van der Waals surface area contributed by atoms with Crippen LogP contribution in [0.15, 0.2) is 47.8 Å². The summed E-state index contributed by atoms with van der Waals surface area (Å²) in [5.74, 6) is -2.79. The molecule has 0 saturated heterocycles. The minimum Gasteiger partial charge on any atom is -0.481 e. The summed E-state index contributed by atoms with van der Waals surface area (Å²) in [4.78, 5) is 16.0.